The summed E-state index contributed by atoms with van der Waals surface area (Å²) in [6.07, 6.45) is 4.47. The van der Waals surface area contributed by atoms with Gasteiger partial charge in [-0.05, 0) is 53.8 Å². The van der Waals surface area contributed by atoms with Crippen molar-refractivity contribution in [1.29, 1.82) is 0 Å². The first-order valence-corrected chi connectivity index (χ1v) is 10.3. The van der Waals surface area contributed by atoms with Gasteiger partial charge in [0.1, 0.15) is 11.6 Å². The van der Waals surface area contributed by atoms with E-state index in [1.54, 1.807) is 35.6 Å². The highest BCUT2D eigenvalue weighted by atomic mass is 32.1. The highest BCUT2D eigenvalue weighted by Gasteiger charge is 2.18. The van der Waals surface area contributed by atoms with Gasteiger partial charge in [0, 0.05) is 11.4 Å². The maximum absolute atomic E-state index is 13.1. The lowest BCUT2D eigenvalue weighted by Gasteiger charge is -2.10. The first-order chi connectivity index (χ1) is 14.7. The van der Waals surface area contributed by atoms with Crippen LogP contribution in [0.2, 0.25) is 0 Å². The molecule has 4 rings (SSSR count). The number of carbonyl (C=O) groups excluding carboxylic acids is 1. The lowest BCUT2D eigenvalue weighted by atomic mass is 10.1. The molecule has 0 atom stereocenters. The Bertz CT molecular complexity index is 1180. The van der Waals surface area contributed by atoms with Crippen molar-refractivity contribution in [1.82, 2.24) is 15.5 Å². The van der Waals surface area contributed by atoms with Gasteiger partial charge in [0.25, 0.3) is 5.91 Å². The molecule has 0 aliphatic heterocycles. The van der Waals surface area contributed by atoms with Crippen LogP contribution in [-0.4, -0.2) is 29.8 Å². The van der Waals surface area contributed by atoms with Crippen molar-refractivity contribution in [3.8, 4) is 5.75 Å². The largest absolute Gasteiger partial charge is 0.495 e. The number of methoxy groups -OCH3 is 1. The van der Waals surface area contributed by atoms with Crippen LogP contribution < -0.4 is 10.1 Å². The van der Waals surface area contributed by atoms with E-state index < -0.39 is 0 Å². The molecule has 2 aromatic carbocycles. The Kier molecular flexibility index (Phi) is 5.90. The Morgan fingerprint density at radius 2 is 2.03 bits per heavy atom. The second kappa shape index (κ2) is 8.92. The lowest BCUT2D eigenvalue weighted by molar-refractivity contribution is 0.0951. The number of rotatable bonds is 7. The minimum atomic E-state index is -0.282. The quantitative estimate of drug-likeness (QED) is 0.445. The van der Waals surface area contributed by atoms with Gasteiger partial charge >= 0.3 is 0 Å². The molecule has 0 unspecified atom stereocenters. The van der Waals surface area contributed by atoms with E-state index in [9.17, 15) is 9.18 Å². The number of benzene rings is 2. The third-order valence-electron chi connectivity index (χ3n) is 4.70. The topological polar surface area (TPSA) is 67.0 Å². The maximum Gasteiger partial charge on any atom is 0.255 e. The van der Waals surface area contributed by atoms with Crippen LogP contribution >= 0.6 is 11.3 Å². The normalized spacial score (nSPS) is 11.3. The van der Waals surface area contributed by atoms with E-state index in [0.717, 1.165) is 17.4 Å². The van der Waals surface area contributed by atoms with Gasteiger partial charge in [0.05, 0.1) is 29.3 Å². The van der Waals surface area contributed by atoms with Gasteiger partial charge in [-0.15, -0.1) is 11.3 Å². The highest BCUT2D eigenvalue weighted by molar-refractivity contribution is 7.09. The summed E-state index contributed by atoms with van der Waals surface area (Å²) < 4.78 is 18.7. The van der Waals surface area contributed by atoms with Crippen molar-refractivity contribution >= 4 is 40.3 Å². The van der Waals surface area contributed by atoms with Crippen LogP contribution in [0.25, 0.3) is 23.1 Å². The fourth-order valence-corrected chi connectivity index (χ4v) is 3.93. The maximum atomic E-state index is 13.1. The molecule has 0 spiro atoms. The van der Waals surface area contributed by atoms with Crippen LogP contribution in [0, 0.1) is 5.82 Å². The zero-order valence-corrected chi connectivity index (χ0v) is 17.1. The monoisotopic (exact) mass is 421 g/mol. The molecule has 0 saturated heterocycles. The van der Waals surface area contributed by atoms with Gasteiger partial charge in [-0.25, -0.2) is 4.39 Å². The summed E-state index contributed by atoms with van der Waals surface area (Å²) in [6.45, 7) is 0.545. The number of aromatic amines is 1. The number of amides is 1. The molecule has 7 heteroatoms. The number of H-pyrrole nitrogens is 1. The average Bonchev–Trinajstić information content (AvgIpc) is 3.42. The van der Waals surface area contributed by atoms with Crippen LogP contribution in [0.4, 0.5) is 4.39 Å². The van der Waals surface area contributed by atoms with Crippen molar-refractivity contribution in [2.24, 2.45) is 0 Å². The van der Waals surface area contributed by atoms with E-state index in [1.165, 1.54) is 24.1 Å². The summed E-state index contributed by atoms with van der Waals surface area (Å²) in [7, 11) is 1.54. The molecule has 2 aromatic heterocycles. The highest BCUT2D eigenvalue weighted by Crippen LogP contribution is 2.32. The number of aromatic nitrogens is 2. The molecular formula is C23H20FN3O2S. The number of fused-ring (bicyclic) bond motifs is 1. The summed E-state index contributed by atoms with van der Waals surface area (Å²) in [5, 5.41) is 13.0. The Morgan fingerprint density at radius 3 is 2.77 bits per heavy atom. The van der Waals surface area contributed by atoms with E-state index in [4.69, 9.17) is 4.74 Å². The number of hydrogen-bond donors (Lipinski definition) is 2. The molecule has 0 bridgehead atoms. The minimum Gasteiger partial charge on any atom is -0.495 e. The van der Waals surface area contributed by atoms with Crippen LogP contribution in [-0.2, 0) is 6.42 Å². The minimum absolute atomic E-state index is 0.194. The molecule has 152 valence electrons. The molecule has 5 nitrogen and oxygen atoms in total. The number of thiophene rings is 1. The number of hydrogen-bond acceptors (Lipinski definition) is 4. The van der Waals surface area contributed by atoms with Crippen LogP contribution in [0.1, 0.15) is 26.5 Å². The van der Waals surface area contributed by atoms with Gasteiger partial charge < -0.3 is 10.1 Å². The molecule has 0 fully saturated rings. The zero-order valence-electron chi connectivity index (χ0n) is 16.3. The second-order valence-corrected chi connectivity index (χ2v) is 7.68. The van der Waals surface area contributed by atoms with E-state index in [1.807, 2.05) is 23.6 Å². The lowest BCUT2D eigenvalue weighted by Crippen LogP contribution is -2.26. The number of halogens is 1. The molecule has 4 aromatic rings. The second-order valence-electron chi connectivity index (χ2n) is 6.65. The summed E-state index contributed by atoms with van der Waals surface area (Å²) in [6, 6.07) is 13.7. The smallest absolute Gasteiger partial charge is 0.255 e. The molecule has 2 heterocycles. The predicted molar refractivity (Wildman–Crippen MR) is 118 cm³/mol. The summed E-state index contributed by atoms with van der Waals surface area (Å²) in [4.78, 5) is 14.0. The fraction of sp³-hybridized carbons (Fsp3) is 0.130. The molecule has 0 aliphatic rings. The zero-order chi connectivity index (χ0) is 20.9. The fourth-order valence-electron chi connectivity index (χ4n) is 3.22. The van der Waals surface area contributed by atoms with E-state index in [0.29, 0.717) is 29.1 Å². The third kappa shape index (κ3) is 4.26. The predicted octanol–water partition coefficient (Wildman–Crippen LogP) is 4.92. The SMILES string of the molecule is COc1c(C(=O)NCCc2cccs2)ccc2n[nH]c(/C=C/c3ccc(F)cc3)c12. The molecule has 0 saturated carbocycles. The van der Waals surface area contributed by atoms with E-state index in [-0.39, 0.29) is 11.7 Å². The molecule has 2 N–H and O–H groups in total. The van der Waals surface area contributed by atoms with Gasteiger partial charge in [-0.1, -0.05) is 24.3 Å². The van der Waals surface area contributed by atoms with Gasteiger partial charge in [-0.2, -0.15) is 5.10 Å². The first kappa shape index (κ1) is 19.8. The molecule has 0 radical (unpaired) electrons. The Hall–Kier alpha value is -3.45. The van der Waals surface area contributed by atoms with Crippen LogP contribution in [0.15, 0.2) is 53.9 Å². The standard InChI is InChI=1S/C23H20FN3O2S/c1-29-22-18(23(28)25-13-12-17-3-2-14-30-17)9-11-20-21(22)19(26-27-20)10-6-15-4-7-16(24)8-5-15/h2-11,14H,12-13H2,1H3,(H,25,28)(H,26,27)/b10-6+. The number of carbonyl (C=O) groups is 1. The van der Waals surface area contributed by atoms with Crippen molar-refractivity contribution < 1.29 is 13.9 Å². The Morgan fingerprint density at radius 1 is 1.20 bits per heavy atom. The first-order valence-electron chi connectivity index (χ1n) is 9.45. The summed E-state index contributed by atoms with van der Waals surface area (Å²) >= 11 is 1.67. The molecular weight excluding hydrogens is 401 g/mol. The molecule has 0 aliphatic carbocycles. The summed E-state index contributed by atoms with van der Waals surface area (Å²) in [5.74, 6) is -0.0101. The summed E-state index contributed by atoms with van der Waals surface area (Å²) in [5.41, 5.74) is 2.70. The third-order valence-corrected chi connectivity index (χ3v) is 5.64. The van der Waals surface area contributed by atoms with Crippen LogP contribution in [0.5, 0.6) is 5.75 Å². The van der Waals surface area contributed by atoms with Crippen molar-refractivity contribution in [2.75, 3.05) is 13.7 Å². The van der Waals surface area contributed by atoms with Crippen molar-refractivity contribution in [3.63, 3.8) is 0 Å². The van der Waals surface area contributed by atoms with Crippen LogP contribution in [0.3, 0.4) is 0 Å². The molecule has 1 amide bonds. The van der Waals surface area contributed by atoms with Gasteiger partial charge in [-0.3, -0.25) is 9.89 Å². The van der Waals surface area contributed by atoms with E-state index >= 15 is 0 Å². The van der Waals surface area contributed by atoms with Crippen molar-refractivity contribution in [2.45, 2.75) is 6.42 Å². The molecule has 30 heavy (non-hydrogen) atoms. The number of nitrogens with zero attached hydrogens (tertiary/aromatic N) is 1. The van der Waals surface area contributed by atoms with E-state index in [2.05, 4.69) is 21.6 Å². The Labute approximate surface area is 177 Å². The van der Waals surface area contributed by atoms with Gasteiger partial charge in [0.2, 0.25) is 0 Å². The number of ether oxygens (including phenoxy) is 1. The number of nitrogens with one attached hydrogen (secondary N) is 2. The Balaban J connectivity index is 1.59. The van der Waals surface area contributed by atoms with Gasteiger partial charge in [0.15, 0.2) is 0 Å². The van der Waals surface area contributed by atoms with Crippen molar-refractivity contribution in [3.05, 3.63) is 81.4 Å². The average molecular weight is 421 g/mol.